The Morgan fingerprint density at radius 3 is 2.71 bits per heavy atom. The largest absolute Gasteiger partial charge is 0.325 e. The molecule has 0 aliphatic rings. The van der Waals surface area contributed by atoms with Crippen LogP contribution in [-0.2, 0) is 6.42 Å². The summed E-state index contributed by atoms with van der Waals surface area (Å²) in [6.07, 6.45) is 1.73. The van der Waals surface area contributed by atoms with Gasteiger partial charge in [0.1, 0.15) is 11.6 Å². The molecular weight excluding hydrogens is 208 g/mol. The maximum absolute atomic E-state index is 12.6. The maximum Gasteiger partial charge on any atom is 0.123 e. The molecule has 4 heteroatoms. The summed E-state index contributed by atoms with van der Waals surface area (Å²) in [5, 5.41) is 0. The van der Waals surface area contributed by atoms with Gasteiger partial charge in [0, 0.05) is 6.54 Å². The molecular formula is C10H12ClF2N. The summed E-state index contributed by atoms with van der Waals surface area (Å²) < 4.78 is 25.2. The van der Waals surface area contributed by atoms with Gasteiger partial charge in [0.2, 0.25) is 0 Å². The molecule has 0 spiro atoms. The van der Waals surface area contributed by atoms with E-state index in [-0.39, 0.29) is 30.6 Å². The molecule has 0 unspecified atom stereocenters. The summed E-state index contributed by atoms with van der Waals surface area (Å²) >= 11 is 0. The number of rotatable bonds is 3. The molecule has 14 heavy (non-hydrogen) atoms. The quantitative estimate of drug-likeness (QED) is 0.831. The van der Waals surface area contributed by atoms with E-state index in [0.29, 0.717) is 6.42 Å². The van der Waals surface area contributed by atoms with E-state index in [1.165, 1.54) is 18.2 Å². The third-order valence-electron chi connectivity index (χ3n) is 1.64. The van der Waals surface area contributed by atoms with Crippen LogP contribution in [0.15, 0.2) is 36.2 Å². The molecule has 0 atom stereocenters. The predicted molar refractivity (Wildman–Crippen MR) is 55.6 cm³/mol. The molecule has 1 nitrogen and oxygen atoms in total. The number of halogens is 3. The molecule has 2 N–H and O–H groups in total. The lowest BCUT2D eigenvalue weighted by Crippen LogP contribution is -1.99. The fourth-order valence-electron chi connectivity index (χ4n) is 0.976. The highest BCUT2D eigenvalue weighted by Crippen LogP contribution is 2.06. The fourth-order valence-corrected chi connectivity index (χ4v) is 0.976. The summed E-state index contributed by atoms with van der Waals surface area (Å²) in [5.74, 6) is -0.677. The van der Waals surface area contributed by atoms with E-state index in [9.17, 15) is 8.78 Å². The zero-order chi connectivity index (χ0) is 9.68. The number of nitrogens with two attached hydrogens (primary N) is 1. The van der Waals surface area contributed by atoms with Gasteiger partial charge in [-0.15, -0.1) is 12.4 Å². The summed E-state index contributed by atoms with van der Waals surface area (Å²) in [6.45, 7) is -0.102. The lowest BCUT2D eigenvalue weighted by Gasteiger charge is -1.96. The maximum atomic E-state index is 12.6. The van der Waals surface area contributed by atoms with Crippen LogP contribution < -0.4 is 5.73 Å². The van der Waals surface area contributed by atoms with E-state index < -0.39 is 0 Å². The van der Waals surface area contributed by atoms with Gasteiger partial charge < -0.3 is 5.73 Å². The van der Waals surface area contributed by atoms with Crippen LogP contribution in [0.1, 0.15) is 5.56 Å². The van der Waals surface area contributed by atoms with Crippen molar-refractivity contribution < 1.29 is 8.78 Å². The highest BCUT2D eigenvalue weighted by molar-refractivity contribution is 5.85. The first-order valence-corrected chi connectivity index (χ1v) is 4.01. The SMILES string of the molecule is Cl.NC/C(F)=C\Cc1cccc(F)c1. The van der Waals surface area contributed by atoms with E-state index in [4.69, 9.17) is 5.73 Å². The molecule has 0 saturated carbocycles. The zero-order valence-corrected chi connectivity index (χ0v) is 8.36. The average Bonchev–Trinajstić information content (AvgIpc) is 2.14. The van der Waals surface area contributed by atoms with E-state index >= 15 is 0 Å². The highest BCUT2D eigenvalue weighted by Gasteiger charge is 1.94. The lowest BCUT2D eigenvalue weighted by atomic mass is 10.1. The second-order valence-corrected chi connectivity index (χ2v) is 2.69. The molecule has 0 heterocycles. The van der Waals surface area contributed by atoms with Crippen LogP contribution in [0.25, 0.3) is 0 Å². The molecule has 0 radical (unpaired) electrons. The predicted octanol–water partition coefficient (Wildman–Crippen LogP) is 2.60. The van der Waals surface area contributed by atoms with Crippen LogP contribution >= 0.6 is 12.4 Å². The van der Waals surface area contributed by atoms with Crippen molar-refractivity contribution in [2.45, 2.75) is 6.42 Å². The summed E-state index contributed by atoms with van der Waals surface area (Å²) in [7, 11) is 0. The number of benzene rings is 1. The Morgan fingerprint density at radius 1 is 1.43 bits per heavy atom. The Balaban J connectivity index is 0.00000169. The smallest absolute Gasteiger partial charge is 0.123 e. The fraction of sp³-hybridized carbons (Fsp3) is 0.200. The number of allylic oxidation sites excluding steroid dienone is 1. The summed E-state index contributed by atoms with van der Waals surface area (Å²) in [5.41, 5.74) is 5.79. The van der Waals surface area contributed by atoms with Crippen LogP contribution in [0.3, 0.4) is 0 Å². The monoisotopic (exact) mass is 219 g/mol. The van der Waals surface area contributed by atoms with Crippen molar-refractivity contribution in [1.29, 1.82) is 0 Å². The number of hydrogen-bond donors (Lipinski definition) is 1. The van der Waals surface area contributed by atoms with Crippen molar-refractivity contribution in [3.05, 3.63) is 47.5 Å². The first-order valence-electron chi connectivity index (χ1n) is 4.01. The van der Waals surface area contributed by atoms with Gasteiger partial charge in [0.15, 0.2) is 0 Å². The number of hydrogen-bond acceptors (Lipinski definition) is 1. The standard InChI is InChI=1S/C10H11F2N.ClH/c11-9-3-1-2-8(6-9)4-5-10(12)7-13;/h1-3,5-6H,4,7,13H2;1H/b10-5+;. The molecule has 0 saturated heterocycles. The normalized spacial score (nSPS) is 10.9. The van der Waals surface area contributed by atoms with Crippen LogP contribution in [0.5, 0.6) is 0 Å². The first kappa shape index (κ1) is 13.1. The second kappa shape index (κ2) is 6.51. The van der Waals surface area contributed by atoms with Crippen LogP contribution in [0.4, 0.5) is 8.78 Å². The van der Waals surface area contributed by atoms with Crippen molar-refractivity contribution >= 4 is 12.4 Å². The lowest BCUT2D eigenvalue weighted by molar-refractivity contribution is 0.612. The summed E-state index contributed by atoms with van der Waals surface area (Å²) in [4.78, 5) is 0. The van der Waals surface area contributed by atoms with Crippen molar-refractivity contribution in [1.82, 2.24) is 0 Å². The molecule has 0 bridgehead atoms. The van der Waals surface area contributed by atoms with E-state index in [1.54, 1.807) is 12.1 Å². The Hall–Kier alpha value is -0.930. The zero-order valence-electron chi connectivity index (χ0n) is 7.54. The van der Waals surface area contributed by atoms with Crippen molar-refractivity contribution in [2.24, 2.45) is 5.73 Å². The minimum atomic E-state index is -0.371. The van der Waals surface area contributed by atoms with Gasteiger partial charge in [-0.3, -0.25) is 0 Å². The van der Waals surface area contributed by atoms with Gasteiger partial charge in [0.05, 0.1) is 0 Å². The average molecular weight is 220 g/mol. The molecule has 0 amide bonds. The summed E-state index contributed by atoms with van der Waals surface area (Å²) in [6, 6.07) is 6.06. The highest BCUT2D eigenvalue weighted by atomic mass is 35.5. The Bertz CT molecular complexity index is 313. The molecule has 0 aromatic heterocycles. The Morgan fingerprint density at radius 2 is 2.14 bits per heavy atom. The van der Waals surface area contributed by atoms with Crippen LogP contribution in [-0.4, -0.2) is 6.54 Å². The van der Waals surface area contributed by atoms with Gasteiger partial charge in [-0.25, -0.2) is 8.78 Å². The van der Waals surface area contributed by atoms with Crippen molar-refractivity contribution in [3.63, 3.8) is 0 Å². The van der Waals surface area contributed by atoms with Gasteiger partial charge in [0.25, 0.3) is 0 Å². The molecule has 1 rings (SSSR count). The van der Waals surface area contributed by atoms with E-state index in [0.717, 1.165) is 5.56 Å². The third kappa shape index (κ3) is 4.35. The molecule has 1 aromatic rings. The molecule has 1 aromatic carbocycles. The van der Waals surface area contributed by atoms with Crippen LogP contribution in [0, 0.1) is 5.82 Å². The van der Waals surface area contributed by atoms with E-state index in [2.05, 4.69) is 0 Å². The van der Waals surface area contributed by atoms with Crippen molar-refractivity contribution in [3.8, 4) is 0 Å². The molecule has 78 valence electrons. The first-order chi connectivity index (χ1) is 6.22. The minimum Gasteiger partial charge on any atom is -0.325 e. The van der Waals surface area contributed by atoms with E-state index in [1.807, 2.05) is 0 Å². The van der Waals surface area contributed by atoms with Crippen molar-refractivity contribution in [2.75, 3.05) is 6.54 Å². The molecule has 0 fully saturated rings. The van der Waals surface area contributed by atoms with Crippen LogP contribution in [0.2, 0.25) is 0 Å². The van der Waals surface area contributed by atoms with Gasteiger partial charge in [-0.05, 0) is 30.2 Å². The Kier molecular flexibility index (Phi) is 6.08. The van der Waals surface area contributed by atoms with Gasteiger partial charge in [-0.2, -0.15) is 0 Å². The molecule has 0 aliphatic heterocycles. The minimum absolute atomic E-state index is 0. The third-order valence-corrected chi connectivity index (χ3v) is 1.64. The van der Waals surface area contributed by atoms with Gasteiger partial charge >= 0.3 is 0 Å². The second-order valence-electron chi connectivity index (χ2n) is 2.69. The Labute approximate surface area is 88.0 Å². The molecule has 0 aliphatic carbocycles. The topological polar surface area (TPSA) is 26.0 Å². The van der Waals surface area contributed by atoms with Gasteiger partial charge in [-0.1, -0.05) is 12.1 Å².